The molecule has 7 nitrogen and oxygen atoms in total. The van der Waals surface area contributed by atoms with Crippen LogP contribution in [0.1, 0.15) is 52.8 Å². The number of rotatable bonds is 6. The van der Waals surface area contributed by atoms with Gasteiger partial charge in [-0.1, -0.05) is 0 Å². The summed E-state index contributed by atoms with van der Waals surface area (Å²) in [4.78, 5) is 12.0. The predicted molar refractivity (Wildman–Crippen MR) is 87.1 cm³/mol. The lowest BCUT2D eigenvalue weighted by Gasteiger charge is -2.46. The summed E-state index contributed by atoms with van der Waals surface area (Å²) in [7, 11) is 0. The number of carbonyl (C=O) groups excluding carboxylic acids is 1. The summed E-state index contributed by atoms with van der Waals surface area (Å²) in [6.07, 6.45) is 2.20. The third kappa shape index (κ3) is 4.94. The molecule has 0 bridgehead atoms. The Kier molecular flexibility index (Phi) is 5.64. The monoisotopic (exact) mass is 324 g/mol. The molecule has 2 rings (SSSR count). The molecule has 1 heterocycles. The number of hydrogen-bond acceptors (Lipinski definition) is 5. The minimum atomic E-state index is -0.501. The van der Waals surface area contributed by atoms with Gasteiger partial charge in [0, 0.05) is 18.8 Å². The second-order valence-corrected chi connectivity index (χ2v) is 6.91. The van der Waals surface area contributed by atoms with E-state index in [0.717, 1.165) is 12.1 Å². The molecule has 1 saturated carbocycles. The Hall–Kier alpha value is -1.60. The van der Waals surface area contributed by atoms with Crippen LogP contribution in [0.3, 0.4) is 0 Å². The standard InChI is InChI=1S/C16H28N4O3/c1-6-22-13-9-12(19-15(21)23-16(3,4)5)14(13)18-10(2)11-7-8-17-20-11/h7-8,10,12-14,18H,6,9H2,1-5H3,(H,17,20)(H,19,21). The highest BCUT2D eigenvalue weighted by molar-refractivity contribution is 5.68. The highest BCUT2D eigenvalue weighted by Crippen LogP contribution is 2.27. The van der Waals surface area contributed by atoms with Crippen LogP contribution >= 0.6 is 0 Å². The highest BCUT2D eigenvalue weighted by Gasteiger charge is 2.43. The lowest BCUT2D eigenvalue weighted by atomic mass is 9.82. The number of amides is 1. The molecule has 0 aliphatic heterocycles. The van der Waals surface area contributed by atoms with Crippen LogP contribution in [-0.4, -0.2) is 46.7 Å². The van der Waals surface area contributed by atoms with Crippen molar-refractivity contribution >= 4 is 6.09 Å². The number of hydrogen-bond donors (Lipinski definition) is 3. The van der Waals surface area contributed by atoms with Gasteiger partial charge in [0.25, 0.3) is 0 Å². The molecular weight excluding hydrogens is 296 g/mol. The maximum atomic E-state index is 12.0. The third-order valence-electron chi connectivity index (χ3n) is 3.83. The fourth-order valence-electron chi connectivity index (χ4n) is 2.71. The molecule has 3 N–H and O–H groups in total. The first-order valence-corrected chi connectivity index (χ1v) is 8.16. The zero-order valence-corrected chi connectivity index (χ0v) is 14.6. The molecule has 7 heteroatoms. The van der Waals surface area contributed by atoms with Crippen molar-refractivity contribution < 1.29 is 14.3 Å². The molecule has 1 aliphatic rings. The summed E-state index contributed by atoms with van der Waals surface area (Å²) in [5.41, 5.74) is 0.502. The van der Waals surface area contributed by atoms with Gasteiger partial charge in [-0.3, -0.25) is 5.10 Å². The summed E-state index contributed by atoms with van der Waals surface area (Å²) < 4.78 is 11.1. The van der Waals surface area contributed by atoms with Gasteiger partial charge < -0.3 is 20.1 Å². The number of nitrogens with one attached hydrogen (secondary N) is 3. The van der Waals surface area contributed by atoms with Crippen LogP contribution in [0, 0.1) is 0 Å². The molecule has 130 valence electrons. The molecular formula is C16H28N4O3. The van der Waals surface area contributed by atoms with Crippen molar-refractivity contribution in [2.75, 3.05) is 6.61 Å². The van der Waals surface area contributed by atoms with E-state index in [4.69, 9.17) is 9.47 Å². The van der Waals surface area contributed by atoms with Crippen molar-refractivity contribution in [1.29, 1.82) is 0 Å². The van der Waals surface area contributed by atoms with Gasteiger partial charge in [-0.25, -0.2) is 4.79 Å². The Morgan fingerprint density at radius 3 is 2.83 bits per heavy atom. The fourth-order valence-corrected chi connectivity index (χ4v) is 2.71. The first-order valence-electron chi connectivity index (χ1n) is 8.16. The predicted octanol–water partition coefficient (Wildman–Crippen LogP) is 2.13. The first-order chi connectivity index (χ1) is 10.8. The van der Waals surface area contributed by atoms with Gasteiger partial charge in [0.05, 0.1) is 23.9 Å². The molecule has 0 saturated heterocycles. The maximum absolute atomic E-state index is 12.0. The average Bonchev–Trinajstić information content (AvgIpc) is 2.95. The van der Waals surface area contributed by atoms with Gasteiger partial charge in [-0.15, -0.1) is 0 Å². The number of H-pyrrole nitrogens is 1. The van der Waals surface area contributed by atoms with E-state index in [9.17, 15) is 4.79 Å². The van der Waals surface area contributed by atoms with Gasteiger partial charge in [-0.05, 0) is 47.1 Å². The van der Waals surface area contributed by atoms with Crippen molar-refractivity contribution in [3.63, 3.8) is 0 Å². The molecule has 0 aromatic carbocycles. The average molecular weight is 324 g/mol. The Morgan fingerprint density at radius 2 is 2.26 bits per heavy atom. The highest BCUT2D eigenvalue weighted by atomic mass is 16.6. The minimum absolute atomic E-state index is 0.00762. The summed E-state index contributed by atoms with van der Waals surface area (Å²) in [5.74, 6) is 0. The molecule has 23 heavy (non-hydrogen) atoms. The maximum Gasteiger partial charge on any atom is 0.407 e. The van der Waals surface area contributed by atoms with Gasteiger partial charge in [-0.2, -0.15) is 5.10 Å². The van der Waals surface area contributed by atoms with E-state index in [0.29, 0.717) is 6.61 Å². The zero-order chi connectivity index (χ0) is 17.0. The number of nitrogens with zero attached hydrogens (tertiary/aromatic N) is 1. The van der Waals surface area contributed by atoms with Crippen LogP contribution in [0.15, 0.2) is 12.3 Å². The minimum Gasteiger partial charge on any atom is -0.444 e. The van der Waals surface area contributed by atoms with E-state index in [-0.39, 0.29) is 24.2 Å². The number of aromatic amines is 1. The largest absolute Gasteiger partial charge is 0.444 e. The van der Waals surface area contributed by atoms with Crippen LogP contribution in [0.2, 0.25) is 0 Å². The molecule has 4 atom stereocenters. The number of aromatic nitrogens is 2. The molecule has 1 amide bonds. The lowest BCUT2D eigenvalue weighted by Crippen LogP contribution is -2.66. The van der Waals surface area contributed by atoms with Gasteiger partial charge in [0.15, 0.2) is 0 Å². The summed E-state index contributed by atoms with van der Waals surface area (Å²) in [6.45, 7) is 10.2. The number of ether oxygens (including phenoxy) is 2. The van der Waals surface area contributed by atoms with Gasteiger partial charge >= 0.3 is 6.09 Å². The Morgan fingerprint density at radius 1 is 1.52 bits per heavy atom. The second kappa shape index (κ2) is 7.31. The Bertz CT molecular complexity index is 498. The van der Waals surface area contributed by atoms with Crippen molar-refractivity contribution in [1.82, 2.24) is 20.8 Å². The molecule has 0 spiro atoms. The second-order valence-electron chi connectivity index (χ2n) is 6.91. The molecule has 1 aromatic heterocycles. The van der Waals surface area contributed by atoms with E-state index < -0.39 is 11.7 Å². The summed E-state index contributed by atoms with van der Waals surface area (Å²) in [6, 6.07) is 2.06. The van der Waals surface area contributed by atoms with E-state index in [1.807, 2.05) is 33.8 Å². The first kappa shape index (κ1) is 17.7. The van der Waals surface area contributed by atoms with Crippen molar-refractivity contribution in [3.05, 3.63) is 18.0 Å². The van der Waals surface area contributed by atoms with Gasteiger partial charge in [0.2, 0.25) is 0 Å². The van der Waals surface area contributed by atoms with Crippen molar-refractivity contribution in [2.24, 2.45) is 0 Å². The van der Waals surface area contributed by atoms with Crippen LogP contribution in [-0.2, 0) is 9.47 Å². The topological polar surface area (TPSA) is 88.3 Å². The third-order valence-corrected chi connectivity index (χ3v) is 3.83. The molecule has 1 fully saturated rings. The van der Waals surface area contributed by atoms with Crippen molar-refractivity contribution in [3.8, 4) is 0 Å². The zero-order valence-electron chi connectivity index (χ0n) is 14.6. The molecule has 0 radical (unpaired) electrons. The molecule has 4 unspecified atom stereocenters. The normalized spacial score (nSPS) is 25.5. The molecule has 1 aromatic rings. The quantitative estimate of drug-likeness (QED) is 0.746. The van der Waals surface area contributed by atoms with Crippen LogP contribution in [0.4, 0.5) is 4.79 Å². The SMILES string of the molecule is CCOC1CC(NC(=O)OC(C)(C)C)C1NC(C)c1ccn[nH]1. The van der Waals surface area contributed by atoms with Crippen LogP contribution in [0.25, 0.3) is 0 Å². The summed E-state index contributed by atoms with van der Waals surface area (Å²) >= 11 is 0. The van der Waals surface area contributed by atoms with Gasteiger partial charge in [0.1, 0.15) is 5.60 Å². The Labute approximate surface area is 137 Å². The molecule has 1 aliphatic carbocycles. The van der Waals surface area contributed by atoms with Crippen LogP contribution < -0.4 is 10.6 Å². The Balaban J connectivity index is 1.93. The van der Waals surface area contributed by atoms with E-state index >= 15 is 0 Å². The van der Waals surface area contributed by atoms with E-state index in [1.165, 1.54) is 0 Å². The van der Waals surface area contributed by atoms with E-state index in [1.54, 1.807) is 6.20 Å². The number of carbonyl (C=O) groups is 1. The van der Waals surface area contributed by atoms with Crippen LogP contribution in [0.5, 0.6) is 0 Å². The lowest BCUT2D eigenvalue weighted by molar-refractivity contribution is -0.0463. The fraction of sp³-hybridized carbons (Fsp3) is 0.750. The van der Waals surface area contributed by atoms with E-state index in [2.05, 4.69) is 27.8 Å². The smallest absolute Gasteiger partial charge is 0.407 e. The number of alkyl carbamates (subject to hydrolysis) is 1. The van der Waals surface area contributed by atoms with Crippen molar-refractivity contribution in [2.45, 2.75) is 70.9 Å². The summed E-state index contributed by atoms with van der Waals surface area (Å²) in [5, 5.41) is 13.4.